The summed E-state index contributed by atoms with van der Waals surface area (Å²) in [7, 11) is -3.65. The second-order valence-corrected chi connectivity index (χ2v) is 6.27. The van der Waals surface area contributed by atoms with Crippen LogP contribution < -0.4 is 10.5 Å². The first kappa shape index (κ1) is 14.9. The number of rotatable bonds is 4. The molecule has 1 atom stereocenters. The van der Waals surface area contributed by atoms with Crippen LogP contribution in [-0.4, -0.2) is 26.2 Å². The van der Waals surface area contributed by atoms with E-state index < -0.39 is 16.1 Å². The fourth-order valence-electron chi connectivity index (χ4n) is 1.75. The number of hydrogen-bond donors (Lipinski definition) is 3. The third-order valence-corrected chi connectivity index (χ3v) is 4.61. The smallest absolute Gasteiger partial charge is 0.241 e. The van der Waals surface area contributed by atoms with E-state index in [4.69, 9.17) is 10.8 Å². The second kappa shape index (κ2) is 5.26. The normalized spacial score (nSPS) is 13.6. The fourth-order valence-corrected chi connectivity index (χ4v) is 3.44. The highest BCUT2D eigenvalue weighted by atomic mass is 32.2. The van der Waals surface area contributed by atoms with E-state index in [1.807, 2.05) is 6.92 Å². The molecule has 0 heterocycles. The zero-order chi connectivity index (χ0) is 14.1. The van der Waals surface area contributed by atoms with Gasteiger partial charge >= 0.3 is 0 Å². The average molecular weight is 272 g/mol. The van der Waals surface area contributed by atoms with Gasteiger partial charge in [-0.25, -0.2) is 13.1 Å². The second-order valence-electron chi connectivity index (χ2n) is 4.56. The highest BCUT2D eigenvalue weighted by Gasteiger charge is 2.22. The Hall–Kier alpha value is -1.11. The minimum absolute atomic E-state index is 0.0188. The molecule has 0 amide bonds. The quantitative estimate of drug-likeness (QED) is 0.709. The SMILES string of the molecule is Cc1cc(N)c(C)c(S(=O)(=O)NCC(C)O)c1C. The highest BCUT2D eigenvalue weighted by Crippen LogP contribution is 2.27. The molecule has 1 unspecified atom stereocenters. The Bertz CT molecular complexity index is 525. The lowest BCUT2D eigenvalue weighted by Gasteiger charge is -2.16. The van der Waals surface area contributed by atoms with Crippen LogP contribution in [0.2, 0.25) is 0 Å². The van der Waals surface area contributed by atoms with Gasteiger partial charge in [0, 0.05) is 12.2 Å². The largest absolute Gasteiger partial charge is 0.398 e. The molecular weight excluding hydrogens is 252 g/mol. The van der Waals surface area contributed by atoms with Crippen LogP contribution in [0.4, 0.5) is 5.69 Å². The number of aliphatic hydroxyl groups is 1. The van der Waals surface area contributed by atoms with Gasteiger partial charge in [0.2, 0.25) is 10.0 Å². The van der Waals surface area contributed by atoms with Crippen LogP contribution in [0.5, 0.6) is 0 Å². The maximum atomic E-state index is 12.2. The molecule has 102 valence electrons. The average Bonchev–Trinajstić information content (AvgIpc) is 2.24. The Morgan fingerprint density at radius 1 is 1.33 bits per heavy atom. The molecule has 0 aliphatic carbocycles. The van der Waals surface area contributed by atoms with Crippen molar-refractivity contribution >= 4 is 15.7 Å². The first-order valence-electron chi connectivity index (χ1n) is 5.70. The van der Waals surface area contributed by atoms with E-state index in [0.29, 0.717) is 16.8 Å². The van der Waals surface area contributed by atoms with E-state index in [2.05, 4.69) is 4.72 Å². The van der Waals surface area contributed by atoms with Crippen molar-refractivity contribution in [2.45, 2.75) is 38.7 Å². The lowest BCUT2D eigenvalue weighted by atomic mass is 10.1. The van der Waals surface area contributed by atoms with E-state index in [9.17, 15) is 8.42 Å². The summed E-state index contributed by atoms with van der Waals surface area (Å²) in [4.78, 5) is 0.209. The molecule has 4 N–H and O–H groups in total. The van der Waals surface area contributed by atoms with Crippen molar-refractivity contribution < 1.29 is 13.5 Å². The van der Waals surface area contributed by atoms with Gasteiger partial charge in [0.1, 0.15) is 0 Å². The molecule has 1 aromatic carbocycles. The topological polar surface area (TPSA) is 92.4 Å². The summed E-state index contributed by atoms with van der Waals surface area (Å²) in [6.45, 7) is 6.75. The van der Waals surface area contributed by atoms with Crippen molar-refractivity contribution in [2.24, 2.45) is 0 Å². The summed E-state index contributed by atoms with van der Waals surface area (Å²) >= 11 is 0. The Morgan fingerprint density at radius 2 is 1.89 bits per heavy atom. The van der Waals surface area contributed by atoms with Crippen LogP contribution in [0, 0.1) is 20.8 Å². The van der Waals surface area contributed by atoms with Gasteiger partial charge in [-0.2, -0.15) is 0 Å². The number of sulfonamides is 1. The molecule has 0 spiro atoms. The van der Waals surface area contributed by atoms with Gasteiger partial charge in [-0.05, 0) is 50.5 Å². The minimum atomic E-state index is -3.65. The van der Waals surface area contributed by atoms with Crippen molar-refractivity contribution in [1.82, 2.24) is 4.72 Å². The number of aryl methyl sites for hydroxylation is 1. The molecule has 18 heavy (non-hydrogen) atoms. The van der Waals surface area contributed by atoms with Crippen LogP contribution >= 0.6 is 0 Å². The Balaban J connectivity index is 3.32. The number of nitrogen functional groups attached to an aromatic ring is 1. The predicted molar refractivity (Wildman–Crippen MR) is 71.9 cm³/mol. The summed E-state index contributed by atoms with van der Waals surface area (Å²) in [6, 6.07) is 1.76. The molecule has 0 fully saturated rings. The van der Waals surface area contributed by atoms with Crippen molar-refractivity contribution in [2.75, 3.05) is 12.3 Å². The van der Waals surface area contributed by atoms with Crippen LogP contribution in [0.3, 0.4) is 0 Å². The molecule has 0 aliphatic rings. The van der Waals surface area contributed by atoms with E-state index in [0.717, 1.165) is 5.56 Å². The third kappa shape index (κ3) is 3.01. The van der Waals surface area contributed by atoms with E-state index in [1.165, 1.54) is 6.92 Å². The number of nitrogens with one attached hydrogen (secondary N) is 1. The first-order chi connectivity index (χ1) is 8.16. The van der Waals surface area contributed by atoms with Crippen molar-refractivity contribution in [3.63, 3.8) is 0 Å². The zero-order valence-electron chi connectivity index (χ0n) is 11.1. The van der Waals surface area contributed by atoms with Gasteiger partial charge in [0.25, 0.3) is 0 Å². The highest BCUT2D eigenvalue weighted by molar-refractivity contribution is 7.89. The molecule has 1 aromatic rings. The fraction of sp³-hybridized carbons (Fsp3) is 0.500. The van der Waals surface area contributed by atoms with Crippen molar-refractivity contribution in [3.05, 3.63) is 22.8 Å². The van der Waals surface area contributed by atoms with Crippen LogP contribution in [0.25, 0.3) is 0 Å². The van der Waals surface area contributed by atoms with Crippen LogP contribution in [-0.2, 0) is 10.0 Å². The molecule has 0 saturated carbocycles. The molecule has 1 rings (SSSR count). The molecule has 0 radical (unpaired) electrons. The third-order valence-electron chi connectivity index (χ3n) is 2.92. The van der Waals surface area contributed by atoms with Crippen molar-refractivity contribution in [1.29, 1.82) is 0 Å². The van der Waals surface area contributed by atoms with E-state index >= 15 is 0 Å². The summed E-state index contributed by atoms with van der Waals surface area (Å²) in [6.07, 6.45) is -0.734. The van der Waals surface area contributed by atoms with Gasteiger partial charge < -0.3 is 10.8 Å². The number of aliphatic hydroxyl groups excluding tert-OH is 1. The van der Waals surface area contributed by atoms with Gasteiger partial charge in [0.05, 0.1) is 11.0 Å². The summed E-state index contributed by atoms with van der Waals surface area (Å²) in [5, 5.41) is 9.16. The summed E-state index contributed by atoms with van der Waals surface area (Å²) in [5.74, 6) is 0. The van der Waals surface area contributed by atoms with Crippen LogP contribution in [0.15, 0.2) is 11.0 Å². The summed E-state index contributed by atoms with van der Waals surface area (Å²) in [5.41, 5.74) is 8.30. The Morgan fingerprint density at radius 3 is 2.39 bits per heavy atom. The maximum absolute atomic E-state index is 12.2. The Kier molecular flexibility index (Phi) is 4.37. The van der Waals surface area contributed by atoms with E-state index in [1.54, 1.807) is 19.9 Å². The molecule has 6 heteroatoms. The number of benzene rings is 1. The van der Waals surface area contributed by atoms with Gasteiger partial charge in [0.15, 0.2) is 0 Å². The Labute approximate surface area is 108 Å². The van der Waals surface area contributed by atoms with Gasteiger partial charge in [-0.15, -0.1) is 0 Å². The molecule has 0 bridgehead atoms. The number of nitrogens with two attached hydrogens (primary N) is 1. The van der Waals surface area contributed by atoms with Gasteiger partial charge in [-0.3, -0.25) is 0 Å². The lowest BCUT2D eigenvalue weighted by molar-refractivity contribution is 0.198. The summed E-state index contributed by atoms with van der Waals surface area (Å²) < 4.78 is 26.8. The predicted octanol–water partition coefficient (Wildman–Crippen LogP) is 0.853. The first-order valence-corrected chi connectivity index (χ1v) is 7.19. The van der Waals surface area contributed by atoms with Crippen molar-refractivity contribution in [3.8, 4) is 0 Å². The maximum Gasteiger partial charge on any atom is 0.241 e. The zero-order valence-corrected chi connectivity index (χ0v) is 11.9. The number of anilines is 1. The molecule has 0 aliphatic heterocycles. The number of hydrogen-bond acceptors (Lipinski definition) is 4. The van der Waals surface area contributed by atoms with Crippen LogP contribution in [0.1, 0.15) is 23.6 Å². The molecule has 0 aromatic heterocycles. The standard InChI is InChI=1S/C12H20N2O3S/c1-7-5-11(13)10(4)12(9(7)3)18(16,17)14-6-8(2)15/h5,8,14-15H,6,13H2,1-4H3. The lowest BCUT2D eigenvalue weighted by Crippen LogP contribution is -2.31. The monoisotopic (exact) mass is 272 g/mol. The minimum Gasteiger partial charge on any atom is -0.398 e. The molecule has 0 saturated heterocycles. The molecule has 5 nitrogen and oxygen atoms in total. The molecular formula is C12H20N2O3S. The van der Waals surface area contributed by atoms with E-state index in [-0.39, 0.29) is 11.4 Å². The van der Waals surface area contributed by atoms with Gasteiger partial charge in [-0.1, -0.05) is 0 Å².